The lowest BCUT2D eigenvalue weighted by atomic mass is 10.1. The van der Waals surface area contributed by atoms with Gasteiger partial charge >= 0.3 is 0 Å². The van der Waals surface area contributed by atoms with Gasteiger partial charge in [-0.25, -0.2) is 8.42 Å². The minimum Gasteiger partial charge on any atom is -0.370 e. The van der Waals surface area contributed by atoms with E-state index in [4.69, 9.17) is 0 Å². The SMILES string of the molecule is O=Cc1ccc(Br)cc1N1CCCS(=O)(=O)CC1. The fraction of sp³-hybridized carbons (Fsp3) is 0.417. The first-order valence-electron chi connectivity index (χ1n) is 5.72. The van der Waals surface area contributed by atoms with Crippen molar-refractivity contribution in [2.45, 2.75) is 6.42 Å². The second-order valence-electron chi connectivity index (χ2n) is 4.31. The molecule has 18 heavy (non-hydrogen) atoms. The molecule has 1 fully saturated rings. The number of hydrogen-bond acceptors (Lipinski definition) is 4. The topological polar surface area (TPSA) is 54.5 Å². The van der Waals surface area contributed by atoms with E-state index in [9.17, 15) is 13.2 Å². The van der Waals surface area contributed by atoms with Crippen LogP contribution in [0.3, 0.4) is 0 Å². The van der Waals surface area contributed by atoms with Crippen LogP contribution in [-0.4, -0.2) is 39.3 Å². The monoisotopic (exact) mass is 331 g/mol. The van der Waals surface area contributed by atoms with Crippen LogP contribution in [0.2, 0.25) is 0 Å². The highest BCUT2D eigenvalue weighted by molar-refractivity contribution is 9.10. The zero-order valence-corrected chi connectivity index (χ0v) is 12.2. The first-order chi connectivity index (χ1) is 8.52. The molecule has 0 aromatic heterocycles. The quantitative estimate of drug-likeness (QED) is 0.776. The molecule has 0 aliphatic carbocycles. The molecule has 0 bridgehead atoms. The lowest BCUT2D eigenvalue weighted by Gasteiger charge is -2.23. The number of nitrogens with zero attached hydrogens (tertiary/aromatic N) is 1. The first-order valence-corrected chi connectivity index (χ1v) is 8.33. The average molecular weight is 332 g/mol. The van der Waals surface area contributed by atoms with Crippen molar-refractivity contribution in [2.24, 2.45) is 0 Å². The smallest absolute Gasteiger partial charge is 0.152 e. The van der Waals surface area contributed by atoms with E-state index in [1.54, 1.807) is 6.07 Å². The van der Waals surface area contributed by atoms with E-state index in [-0.39, 0.29) is 11.5 Å². The Morgan fingerprint density at radius 3 is 2.72 bits per heavy atom. The highest BCUT2D eigenvalue weighted by Crippen LogP contribution is 2.25. The van der Waals surface area contributed by atoms with Gasteiger partial charge in [0.1, 0.15) is 0 Å². The highest BCUT2D eigenvalue weighted by Gasteiger charge is 2.20. The van der Waals surface area contributed by atoms with Crippen LogP contribution in [0.15, 0.2) is 22.7 Å². The van der Waals surface area contributed by atoms with E-state index < -0.39 is 9.84 Å². The Bertz CT molecular complexity index is 556. The van der Waals surface area contributed by atoms with E-state index in [0.29, 0.717) is 25.1 Å². The summed E-state index contributed by atoms with van der Waals surface area (Å²) in [7, 11) is -2.93. The Balaban J connectivity index is 2.31. The maximum atomic E-state index is 11.6. The van der Waals surface area contributed by atoms with E-state index in [1.165, 1.54) is 0 Å². The lowest BCUT2D eigenvalue weighted by molar-refractivity contribution is 0.112. The zero-order valence-electron chi connectivity index (χ0n) is 9.80. The number of rotatable bonds is 2. The van der Waals surface area contributed by atoms with E-state index in [2.05, 4.69) is 15.9 Å². The van der Waals surface area contributed by atoms with Crippen LogP contribution in [0.5, 0.6) is 0 Å². The van der Waals surface area contributed by atoms with Crippen LogP contribution in [0.25, 0.3) is 0 Å². The molecule has 0 N–H and O–H groups in total. The molecule has 1 aliphatic rings. The van der Waals surface area contributed by atoms with E-state index in [1.807, 2.05) is 17.0 Å². The van der Waals surface area contributed by atoms with Crippen LogP contribution < -0.4 is 4.90 Å². The maximum Gasteiger partial charge on any atom is 0.152 e. The Labute approximate surface area is 115 Å². The molecule has 1 aromatic carbocycles. The van der Waals surface area contributed by atoms with Gasteiger partial charge in [0.25, 0.3) is 0 Å². The molecule has 2 rings (SSSR count). The number of benzene rings is 1. The number of carbonyl (C=O) groups is 1. The normalized spacial score (nSPS) is 19.3. The van der Waals surface area contributed by atoms with Crippen molar-refractivity contribution >= 4 is 37.7 Å². The van der Waals surface area contributed by atoms with Gasteiger partial charge in [-0.15, -0.1) is 0 Å². The van der Waals surface area contributed by atoms with Crippen LogP contribution in [0.4, 0.5) is 5.69 Å². The van der Waals surface area contributed by atoms with Crippen LogP contribution in [-0.2, 0) is 9.84 Å². The van der Waals surface area contributed by atoms with Gasteiger partial charge in [-0.2, -0.15) is 0 Å². The summed E-state index contributed by atoms with van der Waals surface area (Å²) < 4.78 is 24.0. The van der Waals surface area contributed by atoms with Crippen molar-refractivity contribution in [3.63, 3.8) is 0 Å². The molecule has 1 aliphatic heterocycles. The second-order valence-corrected chi connectivity index (χ2v) is 7.53. The van der Waals surface area contributed by atoms with Gasteiger partial charge in [0.05, 0.1) is 11.5 Å². The molecular formula is C12H14BrNO3S. The Hall–Kier alpha value is -0.880. The van der Waals surface area contributed by atoms with Crippen LogP contribution >= 0.6 is 15.9 Å². The summed E-state index contributed by atoms with van der Waals surface area (Å²) in [6.07, 6.45) is 1.41. The van der Waals surface area contributed by atoms with Crippen LogP contribution in [0.1, 0.15) is 16.8 Å². The Morgan fingerprint density at radius 2 is 2.00 bits per heavy atom. The number of aldehydes is 1. The summed E-state index contributed by atoms with van der Waals surface area (Å²) in [4.78, 5) is 13.0. The molecule has 1 heterocycles. The van der Waals surface area contributed by atoms with Crippen molar-refractivity contribution in [1.29, 1.82) is 0 Å². The predicted molar refractivity (Wildman–Crippen MR) is 75.0 cm³/mol. The van der Waals surface area contributed by atoms with Crippen molar-refractivity contribution in [1.82, 2.24) is 0 Å². The third-order valence-electron chi connectivity index (χ3n) is 3.02. The van der Waals surface area contributed by atoms with Crippen molar-refractivity contribution in [3.8, 4) is 0 Å². The largest absolute Gasteiger partial charge is 0.370 e. The van der Waals surface area contributed by atoms with Gasteiger partial charge in [-0.05, 0) is 24.6 Å². The summed E-state index contributed by atoms with van der Waals surface area (Å²) in [6.45, 7) is 1.11. The fourth-order valence-electron chi connectivity index (χ4n) is 2.07. The standard InChI is InChI=1S/C12H14BrNO3S/c13-11-3-2-10(9-15)12(8-11)14-4-1-6-18(16,17)7-5-14/h2-3,8-9H,1,4-7H2. The summed E-state index contributed by atoms with van der Waals surface area (Å²) in [5.41, 5.74) is 1.40. The molecule has 1 saturated heterocycles. The van der Waals surface area contributed by atoms with Gasteiger partial charge in [0.15, 0.2) is 16.1 Å². The maximum absolute atomic E-state index is 11.6. The summed E-state index contributed by atoms with van der Waals surface area (Å²) in [6, 6.07) is 5.41. The molecule has 0 saturated carbocycles. The predicted octanol–water partition coefficient (Wildman–Crippen LogP) is 1.89. The molecule has 6 heteroatoms. The number of anilines is 1. The van der Waals surface area contributed by atoms with Gasteiger partial charge < -0.3 is 4.90 Å². The second kappa shape index (κ2) is 5.40. The van der Waals surface area contributed by atoms with Gasteiger partial charge in [-0.1, -0.05) is 15.9 Å². The minimum atomic E-state index is -2.93. The fourth-order valence-corrected chi connectivity index (χ4v) is 3.69. The number of carbonyl (C=O) groups excluding carboxylic acids is 1. The van der Waals surface area contributed by atoms with Gasteiger partial charge in [0.2, 0.25) is 0 Å². The summed E-state index contributed by atoms with van der Waals surface area (Å²) in [5, 5.41) is 0. The van der Waals surface area contributed by atoms with Gasteiger partial charge in [-0.3, -0.25) is 4.79 Å². The molecule has 0 atom stereocenters. The molecular weight excluding hydrogens is 318 g/mol. The van der Waals surface area contributed by atoms with E-state index >= 15 is 0 Å². The molecule has 0 radical (unpaired) electrons. The number of halogens is 1. The highest BCUT2D eigenvalue weighted by atomic mass is 79.9. The molecule has 1 aromatic rings. The minimum absolute atomic E-state index is 0.151. The number of sulfone groups is 1. The van der Waals surface area contributed by atoms with Crippen molar-refractivity contribution < 1.29 is 13.2 Å². The van der Waals surface area contributed by atoms with E-state index in [0.717, 1.165) is 16.4 Å². The zero-order chi connectivity index (χ0) is 13.2. The molecule has 98 valence electrons. The van der Waals surface area contributed by atoms with Gasteiger partial charge in [0, 0.05) is 28.8 Å². The summed E-state index contributed by atoms with van der Waals surface area (Å²) >= 11 is 3.37. The Kier molecular flexibility index (Phi) is 4.07. The third-order valence-corrected chi connectivity index (χ3v) is 5.22. The molecule has 4 nitrogen and oxygen atoms in total. The lowest BCUT2D eigenvalue weighted by Crippen LogP contribution is -2.27. The Morgan fingerprint density at radius 1 is 1.22 bits per heavy atom. The average Bonchev–Trinajstić information content (AvgIpc) is 2.50. The number of hydrogen-bond donors (Lipinski definition) is 0. The first kappa shape index (κ1) is 13.5. The van der Waals surface area contributed by atoms with Crippen LogP contribution in [0, 0.1) is 0 Å². The van der Waals surface area contributed by atoms with Crippen molar-refractivity contribution in [2.75, 3.05) is 29.5 Å². The van der Waals surface area contributed by atoms with Crippen molar-refractivity contribution in [3.05, 3.63) is 28.2 Å². The molecule has 0 unspecified atom stereocenters. The summed E-state index contributed by atoms with van der Waals surface area (Å²) in [5.74, 6) is 0.381. The molecule has 0 amide bonds. The molecule has 0 spiro atoms. The third kappa shape index (κ3) is 3.11.